The number of aromatic amines is 1. The van der Waals surface area contributed by atoms with Crippen LogP contribution in [0, 0.1) is 6.92 Å². The Morgan fingerprint density at radius 1 is 1.42 bits per heavy atom. The van der Waals surface area contributed by atoms with Crippen LogP contribution >= 0.6 is 0 Å². The Morgan fingerprint density at radius 2 is 2.16 bits per heavy atom. The molecule has 0 bridgehead atoms. The number of hydrogen-bond acceptors (Lipinski definition) is 4. The van der Waals surface area contributed by atoms with Gasteiger partial charge in [-0.2, -0.15) is 9.78 Å². The third-order valence-corrected chi connectivity index (χ3v) is 2.95. The Balaban J connectivity index is 2.21. The van der Waals surface area contributed by atoms with Crippen LogP contribution in [-0.2, 0) is 0 Å². The minimum absolute atomic E-state index is 0.0713. The number of carbonyl (C=O) groups is 1. The molecule has 0 aliphatic carbocycles. The number of carboxylic acids is 1. The van der Waals surface area contributed by atoms with Gasteiger partial charge >= 0.3 is 5.97 Å². The maximum Gasteiger partial charge on any atom is 0.356 e. The van der Waals surface area contributed by atoms with Crippen LogP contribution in [0.15, 0.2) is 24.3 Å². The molecule has 2 aromatic heterocycles. The number of benzene rings is 1. The highest BCUT2D eigenvalue weighted by molar-refractivity contribution is 5.88. The van der Waals surface area contributed by atoms with Gasteiger partial charge < -0.3 is 15.8 Å². The number of nitrogen functional groups attached to an aromatic ring is 1. The molecule has 1 aromatic carbocycles. The summed E-state index contributed by atoms with van der Waals surface area (Å²) in [6.07, 6.45) is 0. The number of imidazole rings is 1. The fourth-order valence-electron chi connectivity index (χ4n) is 1.91. The molecular formula is C12H11N5O2. The number of nitrogens with one attached hydrogen (secondary N) is 1. The number of nitrogens with zero attached hydrogens (tertiary/aromatic N) is 3. The molecule has 0 saturated heterocycles. The van der Waals surface area contributed by atoms with E-state index in [4.69, 9.17) is 10.8 Å². The molecule has 0 aliphatic rings. The minimum Gasteiger partial charge on any atom is -0.476 e. The second-order valence-corrected chi connectivity index (χ2v) is 4.15. The Kier molecular flexibility index (Phi) is 2.28. The van der Waals surface area contributed by atoms with Crippen LogP contribution < -0.4 is 5.73 Å². The van der Waals surface area contributed by atoms with Gasteiger partial charge in [-0.05, 0) is 19.1 Å². The average Bonchev–Trinajstić information content (AvgIpc) is 2.92. The standard InChI is InChI=1S/C12H11N5O2/c1-6-9(11(18)19)16-17(10(6)13)12-14-7-4-2-3-5-8(7)15-12/h2-5H,13H2,1H3,(H,14,15)(H,18,19). The molecule has 0 unspecified atom stereocenters. The van der Waals surface area contributed by atoms with E-state index in [-0.39, 0.29) is 11.5 Å². The van der Waals surface area contributed by atoms with Crippen LogP contribution in [0.1, 0.15) is 16.1 Å². The monoisotopic (exact) mass is 257 g/mol. The molecule has 0 radical (unpaired) electrons. The molecule has 0 atom stereocenters. The topological polar surface area (TPSA) is 110 Å². The van der Waals surface area contributed by atoms with E-state index in [0.29, 0.717) is 11.5 Å². The van der Waals surface area contributed by atoms with Gasteiger partial charge in [0.1, 0.15) is 5.82 Å². The summed E-state index contributed by atoms with van der Waals surface area (Å²) in [5.74, 6) is -0.454. The Bertz CT molecular complexity index is 754. The van der Waals surface area contributed by atoms with Gasteiger partial charge in [0.2, 0.25) is 5.95 Å². The number of carboxylic acid groups (broad SMARTS) is 1. The first kappa shape index (κ1) is 11.3. The minimum atomic E-state index is -1.11. The van der Waals surface area contributed by atoms with E-state index in [2.05, 4.69) is 15.1 Å². The average molecular weight is 257 g/mol. The number of para-hydroxylation sites is 2. The number of H-pyrrole nitrogens is 1. The van der Waals surface area contributed by atoms with Crippen LogP contribution in [0.25, 0.3) is 17.0 Å². The zero-order chi connectivity index (χ0) is 13.6. The Labute approximate surface area is 107 Å². The van der Waals surface area contributed by atoms with Crippen molar-refractivity contribution in [3.63, 3.8) is 0 Å². The molecule has 19 heavy (non-hydrogen) atoms. The van der Waals surface area contributed by atoms with Crippen molar-refractivity contribution in [3.8, 4) is 5.95 Å². The van der Waals surface area contributed by atoms with E-state index >= 15 is 0 Å². The Hall–Kier alpha value is -2.83. The molecule has 7 heteroatoms. The number of rotatable bonds is 2. The zero-order valence-electron chi connectivity index (χ0n) is 10.1. The van der Waals surface area contributed by atoms with Crippen LogP contribution in [0.4, 0.5) is 5.82 Å². The normalized spacial score (nSPS) is 11.0. The Morgan fingerprint density at radius 3 is 2.79 bits per heavy atom. The van der Waals surface area contributed by atoms with Gasteiger partial charge in [-0.25, -0.2) is 9.78 Å². The first-order valence-electron chi connectivity index (χ1n) is 5.61. The van der Waals surface area contributed by atoms with E-state index < -0.39 is 5.97 Å². The highest BCUT2D eigenvalue weighted by atomic mass is 16.4. The molecule has 0 fully saturated rings. The molecule has 0 spiro atoms. The van der Waals surface area contributed by atoms with E-state index in [1.165, 1.54) is 4.68 Å². The lowest BCUT2D eigenvalue weighted by atomic mass is 10.2. The highest BCUT2D eigenvalue weighted by Gasteiger charge is 2.19. The van der Waals surface area contributed by atoms with Crippen LogP contribution in [0.2, 0.25) is 0 Å². The number of aromatic carboxylic acids is 1. The summed E-state index contributed by atoms with van der Waals surface area (Å²) in [4.78, 5) is 18.4. The lowest BCUT2D eigenvalue weighted by Crippen LogP contribution is -2.05. The number of hydrogen-bond donors (Lipinski definition) is 3. The van der Waals surface area contributed by atoms with Gasteiger partial charge in [0.15, 0.2) is 5.69 Å². The summed E-state index contributed by atoms with van der Waals surface area (Å²) in [6, 6.07) is 7.47. The van der Waals surface area contributed by atoms with E-state index in [1.54, 1.807) is 6.92 Å². The van der Waals surface area contributed by atoms with Crippen molar-refractivity contribution in [1.29, 1.82) is 0 Å². The summed E-state index contributed by atoms with van der Waals surface area (Å²) < 4.78 is 1.30. The second kappa shape index (κ2) is 3.84. The predicted octanol–water partition coefficient (Wildman–Crippen LogP) is 1.34. The SMILES string of the molecule is Cc1c(C(=O)O)nn(-c2nc3ccccc3[nH]2)c1N. The summed E-state index contributed by atoms with van der Waals surface area (Å²) in [5.41, 5.74) is 7.83. The molecule has 3 aromatic rings. The highest BCUT2D eigenvalue weighted by Crippen LogP contribution is 2.20. The van der Waals surface area contributed by atoms with Gasteiger partial charge in [-0.15, -0.1) is 0 Å². The van der Waals surface area contributed by atoms with Gasteiger partial charge in [-0.1, -0.05) is 12.1 Å². The van der Waals surface area contributed by atoms with Crippen molar-refractivity contribution in [2.24, 2.45) is 0 Å². The zero-order valence-corrected chi connectivity index (χ0v) is 10.1. The number of aromatic nitrogens is 4. The molecule has 0 saturated carbocycles. The molecule has 0 amide bonds. The second-order valence-electron chi connectivity index (χ2n) is 4.15. The van der Waals surface area contributed by atoms with Crippen molar-refractivity contribution in [2.45, 2.75) is 6.92 Å². The van der Waals surface area contributed by atoms with Crippen LogP contribution in [0.5, 0.6) is 0 Å². The first-order chi connectivity index (χ1) is 9.08. The molecule has 3 rings (SSSR count). The summed E-state index contributed by atoms with van der Waals surface area (Å²) in [7, 11) is 0. The van der Waals surface area contributed by atoms with Gasteiger partial charge in [-0.3, -0.25) is 0 Å². The summed E-state index contributed by atoms with van der Waals surface area (Å²) in [6.45, 7) is 1.62. The molecule has 2 heterocycles. The van der Waals surface area contributed by atoms with Crippen LogP contribution in [0.3, 0.4) is 0 Å². The molecule has 96 valence electrons. The quantitative estimate of drug-likeness (QED) is 0.641. The summed E-state index contributed by atoms with van der Waals surface area (Å²) in [5, 5.41) is 13.0. The molecule has 7 nitrogen and oxygen atoms in total. The van der Waals surface area contributed by atoms with Gasteiger partial charge in [0.05, 0.1) is 11.0 Å². The van der Waals surface area contributed by atoms with Crippen molar-refractivity contribution in [1.82, 2.24) is 19.7 Å². The molecule has 4 N–H and O–H groups in total. The molecular weight excluding hydrogens is 246 g/mol. The largest absolute Gasteiger partial charge is 0.476 e. The third-order valence-electron chi connectivity index (χ3n) is 2.95. The maximum absolute atomic E-state index is 11.0. The van der Waals surface area contributed by atoms with E-state index in [0.717, 1.165) is 11.0 Å². The summed E-state index contributed by atoms with van der Waals surface area (Å²) >= 11 is 0. The van der Waals surface area contributed by atoms with E-state index in [9.17, 15) is 4.79 Å². The van der Waals surface area contributed by atoms with Crippen molar-refractivity contribution >= 4 is 22.8 Å². The van der Waals surface area contributed by atoms with Gasteiger partial charge in [0.25, 0.3) is 0 Å². The number of nitrogens with two attached hydrogens (primary N) is 1. The lowest BCUT2D eigenvalue weighted by Gasteiger charge is -1.98. The lowest BCUT2D eigenvalue weighted by molar-refractivity contribution is 0.0689. The van der Waals surface area contributed by atoms with Crippen LogP contribution in [-0.4, -0.2) is 30.8 Å². The van der Waals surface area contributed by atoms with Gasteiger partial charge in [0, 0.05) is 5.56 Å². The number of fused-ring (bicyclic) bond motifs is 1. The number of anilines is 1. The fraction of sp³-hybridized carbons (Fsp3) is 0.0833. The van der Waals surface area contributed by atoms with Crippen molar-refractivity contribution < 1.29 is 9.90 Å². The smallest absolute Gasteiger partial charge is 0.356 e. The van der Waals surface area contributed by atoms with E-state index in [1.807, 2.05) is 24.3 Å². The fourth-order valence-corrected chi connectivity index (χ4v) is 1.91. The maximum atomic E-state index is 11.0. The van der Waals surface area contributed by atoms with Crippen molar-refractivity contribution in [3.05, 3.63) is 35.5 Å². The van der Waals surface area contributed by atoms with Crippen molar-refractivity contribution in [2.75, 3.05) is 5.73 Å². The molecule has 0 aliphatic heterocycles. The first-order valence-corrected chi connectivity index (χ1v) is 5.61. The third kappa shape index (κ3) is 1.63. The predicted molar refractivity (Wildman–Crippen MR) is 69.3 cm³/mol.